The average Bonchev–Trinajstić information content (AvgIpc) is 2.23. The van der Waals surface area contributed by atoms with Gasteiger partial charge in [0.05, 0.1) is 12.6 Å². The predicted octanol–water partition coefficient (Wildman–Crippen LogP) is -0.180. The van der Waals surface area contributed by atoms with Crippen molar-refractivity contribution in [2.45, 2.75) is 26.0 Å². The summed E-state index contributed by atoms with van der Waals surface area (Å²) >= 11 is 0. The van der Waals surface area contributed by atoms with E-state index >= 15 is 0 Å². The smallest absolute Gasteiger partial charge is 0.408 e. The number of carboxylic acid groups (broad SMARTS) is 2. The molecule has 0 radical (unpaired) electrons. The first-order valence-corrected chi connectivity index (χ1v) is 4.19. The molecule has 0 aliphatic carbocycles. The highest BCUT2D eigenvalue weighted by Gasteiger charge is 2.53. The Morgan fingerprint density at radius 2 is 1.86 bits per heavy atom. The maximum absolute atomic E-state index is 10.9. The molecule has 6 heteroatoms. The molecule has 3 N–H and O–H groups in total. The summed E-state index contributed by atoms with van der Waals surface area (Å²) in [5, 5.41) is 27.1. The highest BCUT2D eigenvalue weighted by Crippen LogP contribution is 2.36. The van der Waals surface area contributed by atoms with Gasteiger partial charge in [0.2, 0.25) is 0 Å². The number of likely N-dealkylation sites (tertiary alicyclic amines) is 1. The van der Waals surface area contributed by atoms with E-state index in [1.165, 1.54) is 0 Å². The van der Waals surface area contributed by atoms with Crippen LogP contribution in [0.3, 0.4) is 0 Å². The fourth-order valence-corrected chi connectivity index (χ4v) is 1.75. The van der Waals surface area contributed by atoms with Gasteiger partial charge in [0.1, 0.15) is 6.04 Å². The van der Waals surface area contributed by atoms with Crippen LogP contribution in [-0.4, -0.2) is 51.0 Å². The zero-order valence-corrected chi connectivity index (χ0v) is 7.97. The van der Waals surface area contributed by atoms with Gasteiger partial charge in [-0.3, -0.25) is 4.90 Å². The molecule has 80 valence electrons. The van der Waals surface area contributed by atoms with E-state index in [-0.39, 0.29) is 6.54 Å². The van der Waals surface area contributed by atoms with Gasteiger partial charge >= 0.3 is 12.1 Å². The third-order valence-corrected chi connectivity index (χ3v) is 2.72. The maximum Gasteiger partial charge on any atom is 0.408 e. The van der Waals surface area contributed by atoms with Gasteiger partial charge in [0.25, 0.3) is 0 Å². The lowest BCUT2D eigenvalue weighted by Crippen LogP contribution is -2.46. The molecular formula is C8H13NO5. The van der Waals surface area contributed by atoms with Crippen molar-refractivity contribution in [2.24, 2.45) is 5.41 Å². The quantitative estimate of drug-likeness (QED) is 0.549. The van der Waals surface area contributed by atoms with E-state index in [0.717, 1.165) is 4.90 Å². The number of aliphatic hydroxyl groups excluding tert-OH is 1. The lowest BCUT2D eigenvalue weighted by molar-refractivity contribution is -0.145. The number of amides is 1. The van der Waals surface area contributed by atoms with Crippen molar-refractivity contribution in [2.75, 3.05) is 6.54 Å². The fraction of sp³-hybridized carbons (Fsp3) is 0.750. The number of rotatable bonds is 1. The van der Waals surface area contributed by atoms with E-state index in [1.807, 2.05) is 0 Å². The number of nitrogens with zero attached hydrogens (tertiary/aromatic N) is 1. The van der Waals surface area contributed by atoms with Crippen LogP contribution in [0.4, 0.5) is 4.79 Å². The molecule has 1 aliphatic heterocycles. The first kappa shape index (κ1) is 10.8. The van der Waals surface area contributed by atoms with Crippen molar-refractivity contribution in [1.82, 2.24) is 4.90 Å². The first-order valence-electron chi connectivity index (χ1n) is 4.19. The second kappa shape index (κ2) is 3.13. The second-order valence-electron chi connectivity index (χ2n) is 4.01. The Labute approximate surface area is 80.8 Å². The molecule has 0 saturated carbocycles. The highest BCUT2D eigenvalue weighted by atomic mass is 16.4. The summed E-state index contributed by atoms with van der Waals surface area (Å²) in [6.45, 7) is 2.93. The Kier molecular flexibility index (Phi) is 2.41. The number of aliphatic hydroxyl groups is 1. The Bertz CT molecular complexity index is 275. The summed E-state index contributed by atoms with van der Waals surface area (Å²) in [7, 11) is 0. The van der Waals surface area contributed by atoms with Crippen LogP contribution in [-0.2, 0) is 4.79 Å². The normalized spacial score (nSPS) is 30.4. The molecule has 1 fully saturated rings. The van der Waals surface area contributed by atoms with Crippen LogP contribution < -0.4 is 0 Å². The molecular weight excluding hydrogens is 190 g/mol. The number of aliphatic carboxylic acids is 1. The van der Waals surface area contributed by atoms with Gasteiger partial charge in [-0.05, 0) is 0 Å². The third kappa shape index (κ3) is 1.41. The van der Waals surface area contributed by atoms with E-state index in [9.17, 15) is 14.7 Å². The lowest BCUT2D eigenvalue weighted by atomic mass is 9.82. The number of hydrogen-bond acceptors (Lipinski definition) is 3. The van der Waals surface area contributed by atoms with Crippen LogP contribution in [0.1, 0.15) is 13.8 Å². The van der Waals surface area contributed by atoms with E-state index in [0.29, 0.717) is 0 Å². The largest absolute Gasteiger partial charge is 0.480 e. The third-order valence-electron chi connectivity index (χ3n) is 2.72. The molecule has 2 atom stereocenters. The molecule has 0 bridgehead atoms. The van der Waals surface area contributed by atoms with Crippen LogP contribution >= 0.6 is 0 Å². The molecule has 1 saturated heterocycles. The molecule has 0 aromatic rings. The van der Waals surface area contributed by atoms with Crippen LogP contribution in [0.5, 0.6) is 0 Å². The fourth-order valence-electron chi connectivity index (χ4n) is 1.75. The number of β-amino-alcohol motifs (C(OH)–C–C–N with tert-alkyl or cyclic N) is 1. The number of carbonyl (C=O) groups is 2. The summed E-state index contributed by atoms with van der Waals surface area (Å²) in [5.74, 6) is -1.23. The Morgan fingerprint density at radius 1 is 1.36 bits per heavy atom. The monoisotopic (exact) mass is 203 g/mol. The Morgan fingerprint density at radius 3 is 2.14 bits per heavy atom. The van der Waals surface area contributed by atoms with Gasteiger partial charge in [-0.1, -0.05) is 13.8 Å². The molecule has 0 aromatic carbocycles. The molecule has 0 unspecified atom stereocenters. The zero-order chi connectivity index (χ0) is 11.1. The van der Waals surface area contributed by atoms with Crippen LogP contribution in [0.15, 0.2) is 0 Å². The van der Waals surface area contributed by atoms with Crippen molar-refractivity contribution >= 4 is 12.1 Å². The van der Waals surface area contributed by atoms with Gasteiger partial charge in [-0.25, -0.2) is 9.59 Å². The van der Waals surface area contributed by atoms with Crippen molar-refractivity contribution in [3.05, 3.63) is 0 Å². The van der Waals surface area contributed by atoms with Crippen molar-refractivity contribution in [3.63, 3.8) is 0 Å². The summed E-state index contributed by atoms with van der Waals surface area (Å²) in [6.07, 6.45) is -2.26. The molecule has 6 nitrogen and oxygen atoms in total. The maximum atomic E-state index is 10.9. The van der Waals surface area contributed by atoms with Crippen LogP contribution in [0.25, 0.3) is 0 Å². The summed E-state index contributed by atoms with van der Waals surface area (Å²) < 4.78 is 0. The minimum absolute atomic E-state index is 0.153. The molecule has 14 heavy (non-hydrogen) atoms. The van der Waals surface area contributed by atoms with E-state index in [4.69, 9.17) is 10.2 Å². The molecule has 0 spiro atoms. The van der Waals surface area contributed by atoms with Crippen molar-refractivity contribution in [3.8, 4) is 0 Å². The summed E-state index contributed by atoms with van der Waals surface area (Å²) in [4.78, 5) is 22.3. The van der Waals surface area contributed by atoms with Crippen LogP contribution in [0.2, 0.25) is 0 Å². The lowest BCUT2D eigenvalue weighted by Gasteiger charge is -2.28. The Balaban J connectivity index is 3.04. The van der Waals surface area contributed by atoms with Crippen molar-refractivity contribution < 1.29 is 24.9 Å². The van der Waals surface area contributed by atoms with E-state index in [2.05, 4.69) is 0 Å². The molecule has 1 rings (SSSR count). The van der Waals surface area contributed by atoms with Gasteiger partial charge < -0.3 is 15.3 Å². The SMILES string of the molecule is CC1(C)[C@@H](O)CN(C(=O)O)[C@@H]1C(=O)O. The minimum atomic E-state index is -1.32. The van der Waals surface area contributed by atoms with Gasteiger partial charge in [0, 0.05) is 5.41 Å². The van der Waals surface area contributed by atoms with Gasteiger partial charge in [-0.15, -0.1) is 0 Å². The molecule has 0 aromatic heterocycles. The van der Waals surface area contributed by atoms with Gasteiger partial charge in [-0.2, -0.15) is 0 Å². The second-order valence-corrected chi connectivity index (χ2v) is 4.01. The van der Waals surface area contributed by atoms with Crippen molar-refractivity contribution in [1.29, 1.82) is 0 Å². The standard InChI is InChI=1S/C8H13NO5/c1-8(2)4(10)3-9(7(13)14)5(8)6(11)12/h4-5,10H,3H2,1-2H3,(H,11,12)(H,13,14)/t4-,5+/m0/s1. The van der Waals surface area contributed by atoms with E-state index < -0.39 is 29.6 Å². The molecule has 1 aliphatic rings. The minimum Gasteiger partial charge on any atom is -0.480 e. The molecule has 1 amide bonds. The topological polar surface area (TPSA) is 98.1 Å². The predicted molar refractivity (Wildman–Crippen MR) is 45.9 cm³/mol. The average molecular weight is 203 g/mol. The number of carboxylic acids is 1. The molecule has 1 heterocycles. The highest BCUT2D eigenvalue weighted by molar-refractivity contribution is 5.81. The number of hydrogen-bond donors (Lipinski definition) is 3. The first-order chi connectivity index (χ1) is 6.28. The zero-order valence-electron chi connectivity index (χ0n) is 7.97. The summed E-state index contributed by atoms with van der Waals surface area (Å²) in [6, 6.07) is -1.19. The van der Waals surface area contributed by atoms with Crippen LogP contribution in [0, 0.1) is 5.41 Å². The van der Waals surface area contributed by atoms with E-state index in [1.54, 1.807) is 13.8 Å². The summed E-state index contributed by atoms with van der Waals surface area (Å²) in [5.41, 5.74) is -0.954. The Hall–Kier alpha value is -1.30. The van der Waals surface area contributed by atoms with Gasteiger partial charge in [0.15, 0.2) is 0 Å².